The van der Waals surface area contributed by atoms with E-state index in [1.54, 1.807) is 0 Å². The van der Waals surface area contributed by atoms with Gasteiger partial charge in [-0.15, -0.1) is 0 Å². The van der Waals surface area contributed by atoms with Crippen LogP contribution in [0.1, 0.15) is 29.4 Å². The first-order valence-electron chi connectivity index (χ1n) is 13.8. The van der Waals surface area contributed by atoms with E-state index in [1.165, 1.54) is 0 Å². The molecular weight excluding hydrogens is 546 g/mol. The Bertz CT molecular complexity index is 1820. The van der Waals surface area contributed by atoms with E-state index in [-0.39, 0.29) is 5.91 Å². The number of nitrogens with zero attached hydrogens (tertiary/aromatic N) is 4. The maximum absolute atomic E-state index is 14.7. The van der Waals surface area contributed by atoms with Crippen LogP contribution < -0.4 is 25.5 Å². The molecule has 2 unspecified atom stereocenters. The van der Waals surface area contributed by atoms with E-state index >= 15 is 0 Å². The number of nitrogens with one attached hydrogen (secondary N) is 3. The van der Waals surface area contributed by atoms with E-state index < -0.39 is 11.3 Å². The zero-order valence-electron chi connectivity index (χ0n) is 23.1. The number of rotatable bonds is 6. The third-order valence-electron chi connectivity index (χ3n) is 7.89. The lowest BCUT2D eigenvalue weighted by Gasteiger charge is -2.45. The molecule has 2 atom stereocenters. The number of benzene rings is 4. The Balaban J connectivity index is 1.64. The predicted octanol–water partition coefficient (Wildman–Crippen LogP) is 5.32. The monoisotopic (exact) mass is 575 g/mol. The van der Waals surface area contributed by atoms with Gasteiger partial charge in [0.25, 0.3) is 11.6 Å². The average molecular weight is 576 g/mol. The molecule has 1 fully saturated rings. The summed E-state index contributed by atoms with van der Waals surface area (Å²) >= 11 is 5.88. The van der Waals surface area contributed by atoms with Gasteiger partial charge in [0, 0.05) is 16.8 Å². The number of anilines is 2. The first kappa shape index (κ1) is 26.0. The van der Waals surface area contributed by atoms with Gasteiger partial charge in [-0.25, -0.2) is 9.69 Å². The number of para-hydroxylation sites is 2. The second-order valence-electron chi connectivity index (χ2n) is 10.2. The molecule has 1 spiro atoms. The third kappa shape index (κ3) is 3.55. The van der Waals surface area contributed by atoms with Crippen LogP contribution in [0.25, 0.3) is 0 Å². The molecule has 0 saturated carbocycles. The fourth-order valence-electron chi connectivity index (χ4n) is 6.20. The standard InChI is InChI=1S/C32H29N7O2S/c1-3-41-26-20-18-24(19-21-26)31(23-12-6-4-7-13-23)36-38(25-14-8-5-9-15-25)32(39(31)37-22(2)34-35-30(37)42)27-16-10-11-17-28(27)33-29(32)40/h4-21,36H,3H2,1-2H3,(H,33,40)(H,35,42). The lowest BCUT2D eigenvalue weighted by molar-refractivity contribution is -0.121. The topological polar surface area (TPSA) is 90.4 Å². The summed E-state index contributed by atoms with van der Waals surface area (Å²) in [6.07, 6.45) is 0. The van der Waals surface area contributed by atoms with Gasteiger partial charge < -0.3 is 10.1 Å². The second kappa shape index (κ2) is 9.86. The van der Waals surface area contributed by atoms with Crippen LogP contribution in [-0.2, 0) is 16.1 Å². The summed E-state index contributed by atoms with van der Waals surface area (Å²) in [5.41, 5.74) is 5.33. The SMILES string of the molecule is CCOc1ccc(C2(c3ccccc3)NN(c3ccccc3)C3(C(=O)Nc4ccccc43)N2n2c(C)n[nH]c2=S)cc1. The van der Waals surface area contributed by atoms with Crippen LogP contribution in [-0.4, -0.2) is 27.4 Å². The number of aryl methyl sites for hydroxylation is 1. The van der Waals surface area contributed by atoms with Crippen LogP contribution in [0.3, 0.4) is 0 Å². The van der Waals surface area contributed by atoms with Gasteiger partial charge in [-0.1, -0.05) is 78.9 Å². The van der Waals surface area contributed by atoms with Crippen LogP contribution in [0.15, 0.2) is 109 Å². The van der Waals surface area contributed by atoms with E-state index in [4.69, 9.17) is 17.0 Å². The van der Waals surface area contributed by atoms with Gasteiger partial charge in [-0.05, 0) is 62.0 Å². The van der Waals surface area contributed by atoms with Gasteiger partial charge >= 0.3 is 0 Å². The highest BCUT2D eigenvalue weighted by atomic mass is 32.1. The molecule has 42 heavy (non-hydrogen) atoms. The molecule has 5 aromatic rings. The minimum atomic E-state index is -1.43. The van der Waals surface area contributed by atoms with Gasteiger partial charge in [-0.3, -0.25) is 14.9 Å². The van der Waals surface area contributed by atoms with E-state index in [1.807, 2.05) is 126 Å². The third-order valence-corrected chi connectivity index (χ3v) is 8.15. The number of hydrogen-bond acceptors (Lipinski definition) is 7. The summed E-state index contributed by atoms with van der Waals surface area (Å²) in [6.45, 7) is 4.39. The van der Waals surface area contributed by atoms with Crippen LogP contribution in [0.2, 0.25) is 0 Å². The molecule has 2 aliphatic rings. The van der Waals surface area contributed by atoms with Crippen molar-refractivity contribution in [2.45, 2.75) is 25.2 Å². The number of hydrogen-bond donors (Lipinski definition) is 3. The highest BCUT2D eigenvalue weighted by Crippen LogP contribution is 2.54. The van der Waals surface area contributed by atoms with Crippen molar-refractivity contribution in [1.29, 1.82) is 0 Å². The molecule has 1 saturated heterocycles. The van der Waals surface area contributed by atoms with Crippen LogP contribution >= 0.6 is 12.2 Å². The molecule has 0 bridgehead atoms. The Kier molecular flexibility index (Phi) is 6.10. The van der Waals surface area contributed by atoms with E-state index in [9.17, 15) is 4.79 Å². The fourth-order valence-corrected chi connectivity index (χ4v) is 6.45. The second-order valence-corrected chi connectivity index (χ2v) is 10.6. The Morgan fingerprint density at radius 2 is 1.50 bits per heavy atom. The molecule has 9 nitrogen and oxygen atoms in total. The van der Waals surface area contributed by atoms with Gasteiger partial charge in [0.1, 0.15) is 11.6 Å². The Labute approximate surface area is 248 Å². The number of aromatic amines is 1. The summed E-state index contributed by atoms with van der Waals surface area (Å²) in [5, 5.41) is 14.6. The predicted molar refractivity (Wildman–Crippen MR) is 164 cm³/mol. The molecule has 2 aliphatic heterocycles. The molecule has 7 rings (SSSR count). The van der Waals surface area contributed by atoms with Crippen molar-refractivity contribution >= 4 is 29.5 Å². The molecule has 3 N–H and O–H groups in total. The van der Waals surface area contributed by atoms with E-state index in [2.05, 4.69) is 33.1 Å². The number of carbonyl (C=O) groups excluding carboxylic acids is 1. The lowest BCUT2D eigenvalue weighted by atomic mass is 9.88. The maximum atomic E-state index is 14.7. The minimum absolute atomic E-state index is 0.230. The lowest BCUT2D eigenvalue weighted by Crippen LogP contribution is -2.64. The zero-order valence-corrected chi connectivity index (χ0v) is 23.9. The smallest absolute Gasteiger partial charge is 0.279 e. The van der Waals surface area contributed by atoms with Crippen molar-refractivity contribution in [1.82, 2.24) is 20.3 Å². The number of hydrazine groups is 1. The van der Waals surface area contributed by atoms with Crippen molar-refractivity contribution in [3.05, 3.63) is 136 Å². The average Bonchev–Trinajstić information content (AvgIpc) is 3.63. The number of fused-ring (bicyclic) bond motifs is 2. The van der Waals surface area contributed by atoms with Crippen LogP contribution in [0, 0.1) is 11.7 Å². The number of aromatic nitrogens is 3. The van der Waals surface area contributed by atoms with E-state index in [0.29, 0.717) is 17.2 Å². The molecule has 1 amide bonds. The molecule has 0 aliphatic carbocycles. The number of ether oxygens (including phenoxy) is 1. The summed E-state index contributed by atoms with van der Waals surface area (Å²) in [4.78, 5) is 14.7. The summed E-state index contributed by atoms with van der Waals surface area (Å²) in [7, 11) is 0. The number of carbonyl (C=O) groups is 1. The zero-order chi connectivity index (χ0) is 28.9. The summed E-state index contributed by atoms with van der Waals surface area (Å²) in [6, 6.07) is 35.6. The first-order chi connectivity index (χ1) is 20.5. The van der Waals surface area contributed by atoms with Crippen LogP contribution in [0.5, 0.6) is 5.75 Å². The van der Waals surface area contributed by atoms with Crippen LogP contribution in [0.4, 0.5) is 11.4 Å². The number of H-pyrrole nitrogens is 1. The summed E-state index contributed by atoms with van der Waals surface area (Å²) in [5.74, 6) is 1.12. The molecular formula is C32H29N7O2S. The Morgan fingerprint density at radius 1 is 0.857 bits per heavy atom. The Hall–Kier alpha value is -4.93. The van der Waals surface area contributed by atoms with Crippen molar-refractivity contribution < 1.29 is 9.53 Å². The summed E-state index contributed by atoms with van der Waals surface area (Å²) < 4.78 is 7.98. The van der Waals surface area contributed by atoms with Crippen molar-refractivity contribution in [2.75, 3.05) is 21.9 Å². The fraction of sp³-hybridized carbons (Fsp3) is 0.156. The molecule has 210 valence electrons. The molecule has 0 radical (unpaired) electrons. The molecule has 3 heterocycles. The van der Waals surface area contributed by atoms with Gasteiger partial charge in [0.15, 0.2) is 5.66 Å². The van der Waals surface area contributed by atoms with Gasteiger partial charge in [0.2, 0.25) is 4.77 Å². The first-order valence-corrected chi connectivity index (χ1v) is 14.2. The molecule has 10 heteroatoms. The Morgan fingerprint density at radius 3 is 2.17 bits per heavy atom. The minimum Gasteiger partial charge on any atom is -0.494 e. The highest BCUT2D eigenvalue weighted by Gasteiger charge is 2.69. The number of amides is 1. The highest BCUT2D eigenvalue weighted by molar-refractivity contribution is 7.71. The van der Waals surface area contributed by atoms with Gasteiger partial charge in [-0.2, -0.15) is 10.5 Å². The largest absolute Gasteiger partial charge is 0.494 e. The molecule has 4 aromatic carbocycles. The van der Waals surface area contributed by atoms with Crippen molar-refractivity contribution in [2.24, 2.45) is 0 Å². The van der Waals surface area contributed by atoms with Crippen molar-refractivity contribution in [3.63, 3.8) is 0 Å². The van der Waals surface area contributed by atoms with Crippen molar-refractivity contribution in [3.8, 4) is 5.75 Å². The maximum Gasteiger partial charge on any atom is 0.279 e. The van der Waals surface area contributed by atoms with E-state index in [0.717, 1.165) is 33.8 Å². The quantitative estimate of drug-likeness (QED) is 0.236. The molecule has 1 aromatic heterocycles. The van der Waals surface area contributed by atoms with Gasteiger partial charge in [0.05, 0.1) is 12.3 Å². The normalized spacial score (nSPS) is 21.0.